The predicted octanol–water partition coefficient (Wildman–Crippen LogP) is 1.19. The Hall–Kier alpha value is -4.29. The van der Waals surface area contributed by atoms with Crippen molar-refractivity contribution in [3.05, 3.63) is 53.6 Å². The van der Waals surface area contributed by atoms with Gasteiger partial charge in [-0.3, -0.25) is 24.7 Å². The van der Waals surface area contributed by atoms with Gasteiger partial charge in [-0.1, -0.05) is 24.3 Å². The highest BCUT2D eigenvalue weighted by atomic mass is 16.4. The molecule has 3 aromatic rings. The van der Waals surface area contributed by atoms with Crippen LogP contribution in [0.1, 0.15) is 29.3 Å². The molecule has 12 heteroatoms. The summed E-state index contributed by atoms with van der Waals surface area (Å²) in [6, 6.07) is 12.8. The number of amides is 1. The Labute approximate surface area is 220 Å². The SMILES string of the molecule is CC(=O)O.N=C(N)c1ccc(-c2nc3cc(C(=O)NCCC(=O)O)ccc3n2CCN2CCNCC2)cc1. The molecule has 1 aliphatic rings. The van der Waals surface area contributed by atoms with Crippen molar-refractivity contribution in [1.82, 2.24) is 25.1 Å². The van der Waals surface area contributed by atoms with Crippen molar-refractivity contribution < 1.29 is 24.6 Å². The molecular formula is C26H33N7O5. The third-order valence-corrected chi connectivity index (χ3v) is 5.94. The number of hydrogen-bond donors (Lipinski definition) is 6. The number of nitrogens with two attached hydrogens (primary N) is 1. The maximum atomic E-state index is 12.5. The molecule has 7 N–H and O–H groups in total. The van der Waals surface area contributed by atoms with E-state index in [1.54, 1.807) is 24.3 Å². The number of aromatic nitrogens is 2. The lowest BCUT2D eigenvalue weighted by atomic mass is 10.1. The smallest absolute Gasteiger partial charge is 0.305 e. The van der Waals surface area contributed by atoms with Gasteiger partial charge in [0, 0.05) is 69.4 Å². The molecular weight excluding hydrogens is 490 g/mol. The fourth-order valence-corrected chi connectivity index (χ4v) is 4.08. The van der Waals surface area contributed by atoms with E-state index in [0.717, 1.165) is 63.1 Å². The van der Waals surface area contributed by atoms with Crippen LogP contribution in [-0.2, 0) is 16.1 Å². The van der Waals surface area contributed by atoms with Crippen LogP contribution in [-0.4, -0.2) is 87.6 Å². The van der Waals surface area contributed by atoms with Crippen LogP contribution in [0.15, 0.2) is 42.5 Å². The van der Waals surface area contributed by atoms with E-state index in [0.29, 0.717) is 16.6 Å². The monoisotopic (exact) mass is 523 g/mol. The summed E-state index contributed by atoms with van der Waals surface area (Å²) in [4.78, 5) is 39.5. The van der Waals surface area contributed by atoms with Gasteiger partial charge in [0.1, 0.15) is 11.7 Å². The molecule has 0 radical (unpaired) electrons. The standard InChI is InChI=1S/C24H29N7O3.C2H4O2/c25-22(26)16-1-3-17(4-2-16)23-29-19-15-18(24(34)28-8-7-21(32)33)5-6-20(19)31(23)14-13-30-11-9-27-10-12-30;1-2(3)4/h1-6,15,27H,7-14H2,(H3,25,26)(H,28,34)(H,32,33);1H3,(H,3,4). The Morgan fingerprint density at radius 2 is 1.68 bits per heavy atom. The largest absolute Gasteiger partial charge is 0.481 e. The minimum Gasteiger partial charge on any atom is -0.481 e. The summed E-state index contributed by atoms with van der Waals surface area (Å²) in [5.74, 6) is -1.33. The van der Waals surface area contributed by atoms with Crippen molar-refractivity contribution in [2.75, 3.05) is 39.3 Å². The average molecular weight is 524 g/mol. The van der Waals surface area contributed by atoms with E-state index in [1.807, 2.05) is 18.2 Å². The number of amidine groups is 1. The fourth-order valence-electron chi connectivity index (χ4n) is 4.08. The third kappa shape index (κ3) is 7.85. The number of piperazine rings is 1. The van der Waals surface area contributed by atoms with Gasteiger partial charge in [0.25, 0.3) is 11.9 Å². The number of nitrogen functional groups attached to an aromatic ring is 1. The number of hydrogen-bond acceptors (Lipinski definition) is 7. The summed E-state index contributed by atoms with van der Waals surface area (Å²) in [5, 5.41) is 29.8. The minimum absolute atomic E-state index is 0.0114. The Balaban J connectivity index is 0.000000934. The summed E-state index contributed by atoms with van der Waals surface area (Å²) < 4.78 is 2.16. The molecule has 0 bridgehead atoms. The molecule has 38 heavy (non-hydrogen) atoms. The van der Waals surface area contributed by atoms with Crippen LogP contribution in [0.25, 0.3) is 22.4 Å². The van der Waals surface area contributed by atoms with Gasteiger partial charge >= 0.3 is 5.97 Å². The molecule has 1 aromatic heterocycles. The summed E-state index contributed by atoms with van der Waals surface area (Å²) >= 11 is 0. The highest BCUT2D eigenvalue weighted by Crippen LogP contribution is 2.26. The van der Waals surface area contributed by atoms with E-state index < -0.39 is 11.9 Å². The Bertz CT molecular complexity index is 1290. The van der Waals surface area contributed by atoms with Gasteiger partial charge in [-0.25, -0.2) is 4.98 Å². The highest BCUT2D eigenvalue weighted by molar-refractivity contribution is 5.98. The second-order valence-electron chi connectivity index (χ2n) is 8.79. The van der Waals surface area contributed by atoms with Crippen molar-refractivity contribution in [2.24, 2.45) is 5.73 Å². The molecule has 1 fully saturated rings. The minimum atomic E-state index is -0.959. The zero-order chi connectivity index (χ0) is 27.7. The Morgan fingerprint density at radius 1 is 1.05 bits per heavy atom. The second kappa shape index (κ2) is 13.3. The number of carboxylic acid groups (broad SMARTS) is 2. The van der Waals surface area contributed by atoms with E-state index in [-0.39, 0.29) is 24.7 Å². The number of carbonyl (C=O) groups is 3. The summed E-state index contributed by atoms with van der Waals surface area (Å²) in [7, 11) is 0. The zero-order valence-electron chi connectivity index (χ0n) is 21.2. The molecule has 2 aromatic carbocycles. The fraction of sp³-hybridized carbons (Fsp3) is 0.346. The van der Waals surface area contributed by atoms with Crippen molar-refractivity contribution in [3.63, 3.8) is 0 Å². The number of carboxylic acids is 2. The number of fused-ring (bicyclic) bond motifs is 1. The van der Waals surface area contributed by atoms with E-state index in [1.165, 1.54) is 0 Å². The number of carbonyl (C=O) groups excluding carboxylic acids is 1. The van der Waals surface area contributed by atoms with Crippen molar-refractivity contribution >= 4 is 34.7 Å². The van der Waals surface area contributed by atoms with Gasteiger partial charge in [-0.2, -0.15) is 0 Å². The first-order chi connectivity index (χ1) is 18.2. The lowest BCUT2D eigenvalue weighted by molar-refractivity contribution is -0.137. The topological polar surface area (TPSA) is 187 Å². The number of nitrogens with one attached hydrogen (secondary N) is 3. The maximum Gasteiger partial charge on any atom is 0.305 e. The lowest BCUT2D eigenvalue weighted by Gasteiger charge is -2.27. The van der Waals surface area contributed by atoms with Crippen LogP contribution in [0.2, 0.25) is 0 Å². The molecule has 1 amide bonds. The lowest BCUT2D eigenvalue weighted by Crippen LogP contribution is -2.44. The molecule has 0 saturated carbocycles. The molecule has 12 nitrogen and oxygen atoms in total. The molecule has 4 rings (SSSR count). The Morgan fingerprint density at radius 3 is 2.29 bits per heavy atom. The summed E-state index contributed by atoms with van der Waals surface area (Å²) in [5.41, 5.74) is 9.19. The van der Waals surface area contributed by atoms with Crippen LogP contribution >= 0.6 is 0 Å². The Kier molecular flexibility index (Phi) is 9.91. The van der Waals surface area contributed by atoms with Gasteiger partial charge in [0.2, 0.25) is 0 Å². The van der Waals surface area contributed by atoms with E-state index in [4.69, 9.17) is 31.1 Å². The van der Waals surface area contributed by atoms with Gasteiger partial charge in [-0.15, -0.1) is 0 Å². The average Bonchev–Trinajstić information content (AvgIpc) is 3.25. The van der Waals surface area contributed by atoms with Crippen LogP contribution < -0.4 is 16.4 Å². The van der Waals surface area contributed by atoms with E-state index >= 15 is 0 Å². The number of imidazole rings is 1. The molecule has 0 atom stereocenters. The van der Waals surface area contributed by atoms with Crippen LogP contribution in [0, 0.1) is 5.41 Å². The van der Waals surface area contributed by atoms with Crippen LogP contribution in [0.4, 0.5) is 0 Å². The first-order valence-electron chi connectivity index (χ1n) is 12.2. The molecule has 1 aliphatic heterocycles. The van der Waals surface area contributed by atoms with Crippen molar-refractivity contribution in [2.45, 2.75) is 19.9 Å². The first-order valence-corrected chi connectivity index (χ1v) is 12.2. The van der Waals surface area contributed by atoms with E-state index in [9.17, 15) is 9.59 Å². The number of benzene rings is 2. The number of nitrogens with zero attached hydrogens (tertiary/aromatic N) is 3. The number of rotatable bonds is 9. The second-order valence-corrected chi connectivity index (χ2v) is 8.79. The normalized spacial score (nSPS) is 13.4. The number of aliphatic carboxylic acids is 2. The quantitative estimate of drug-likeness (QED) is 0.177. The summed E-state index contributed by atoms with van der Waals surface area (Å²) in [6.45, 7) is 6.72. The zero-order valence-corrected chi connectivity index (χ0v) is 21.2. The van der Waals surface area contributed by atoms with E-state index in [2.05, 4.69) is 20.1 Å². The first kappa shape index (κ1) is 28.3. The van der Waals surface area contributed by atoms with Crippen LogP contribution in [0.5, 0.6) is 0 Å². The molecule has 0 aliphatic carbocycles. The molecule has 0 spiro atoms. The van der Waals surface area contributed by atoms with Crippen molar-refractivity contribution in [1.29, 1.82) is 5.41 Å². The predicted molar refractivity (Wildman–Crippen MR) is 143 cm³/mol. The highest BCUT2D eigenvalue weighted by Gasteiger charge is 2.17. The van der Waals surface area contributed by atoms with Gasteiger partial charge in [-0.05, 0) is 18.2 Å². The maximum absolute atomic E-state index is 12.5. The molecule has 0 unspecified atom stereocenters. The van der Waals surface area contributed by atoms with Gasteiger partial charge in [0.05, 0.1) is 17.5 Å². The van der Waals surface area contributed by atoms with Crippen molar-refractivity contribution in [3.8, 4) is 11.4 Å². The van der Waals surface area contributed by atoms with Crippen LogP contribution in [0.3, 0.4) is 0 Å². The van der Waals surface area contributed by atoms with Gasteiger partial charge < -0.3 is 31.1 Å². The van der Waals surface area contributed by atoms with Gasteiger partial charge in [0.15, 0.2) is 0 Å². The molecule has 2 heterocycles. The molecule has 202 valence electrons. The summed E-state index contributed by atoms with van der Waals surface area (Å²) in [6.07, 6.45) is -0.130. The molecule has 1 saturated heterocycles. The third-order valence-electron chi connectivity index (χ3n) is 5.94.